The summed E-state index contributed by atoms with van der Waals surface area (Å²) in [6.07, 6.45) is 2.76. The highest BCUT2D eigenvalue weighted by atomic mass is 16.5. The van der Waals surface area contributed by atoms with Gasteiger partial charge in [0, 0.05) is 6.61 Å². The second-order valence-electron chi connectivity index (χ2n) is 4.11. The van der Waals surface area contributed by atoms with E-state index in [1.165, 1.54) is 0 Å². The van der Waals surface area contributed by atoms with Crippen molar-refractivity contribution in [2.45, 2.75) is 19.3 Å². The first-order valence-corrected chi connectivity index (χ1v) is 6.34. The Morgan fingerprint density at radius 2 is 1.94 bits per heavy atom. The maximum atomic E-state index is 8.67. The van der Waals surface area contributed by atoms with Crippen LogP contribution in [0, 0.1) is 0 Å². The Bertz CT molecular complexity index is 342. The van der Waals surface area contributed by atoms with Gasteiger partial charge >= 0.3 is 0 Å². The normalized spacial score (nSPS) is 10.4. The average molecular weight is 253 g/mol. The first-order valence-electron chi connectivity index (χ1n) is 6.34. The smallest absolute Gasteiger partial charge is 0.122 e. The summed E-state index contributed by atoms with van der Waals surface area (Å²) >= 11 is 0. The Hall–Kier alpha value is -1.26. The molecule has 0 fully saturated rings. The molecule has 2 N–H and O–H groups in total. The summed E-state index contributed by atoms with van der Waals surface area (Å²) in [5.41, 5.74) is 1.14. The molecule has 0 spiro atoms. The number of aliphatic hydroxyl groups excluding tert-OH is 1. The lowest BCUT2D eigenvalue weighted by molar-refractivity contribution is 0.284. The highest BCUT2D eigenvalue weighted by Crippen LogP contribution is 2.23. The van der Waals surface area contributed by atoms with Crippen LogP contribution in [0.3, 0.4) is 0 Å². The summed E-state index contributed by atoms with van der Waals surface area (Å²) in [4.78, 5) is 0. The van der Waals surface area contributed by atoms with Gasteiger partial charge in [-0.25, -0.2) is 0 Å². The summed E-state index contributed by atoms with van der Waals surface area (Å²) in [5, 5.41) is 12.0. The number of nitrogens with one attached hydrogen (secondary N) is 1. The molecule has 1 aromatic carbocycles. The molecule has 0 saturated heterocycles. The second-order valence-corrected chi connectivity index (χ2v) is 4.11. The topological polar surface area (TPSA) is 50.7 Å². The molecule has 102 valence electrons. The molecule has 0 amide bonds. The molecule has 0 bridgehead atoms. The third-order valence-corrected chi connectivity index (χ3v) is 2.82. The van der Waals surface area contributed by atoms with Crippen LogP contribution in [0.2, 0.25) is 0 Å². The summed E-state index contributed by atoms with van der Waals surface area (Å²) in [7, 11) is 3.35. The van der Waals surface area contributed by atoms with Crippen molar-refractivity contribution in [3.8, 4) is 11.5 Å². The van der Waals surface area contributed by atoms with Crippen molar-refractivity contribution in [2.24, 2.45) is 0 Å². The Balaban J connectivity index is 2.39. The van der Waals surface area contributed by atoms with Crippen molar-refractivity contribution in [2.75, 3.05) is 33.9 Å². The molecule has 0 aliphatic rings. The first-order chi connectivity index (χ1) is 8.81. The Kier molecular flexibility index (Phi) is 7.22. The minimum absolute atomic E-state index is 0.269. The molecule has 0 aliphatic carbocycles. The Morgan fingerprint density at radius 3 is 2.61 bits per heavy atom. The fourth-order valence-electron chi connectivity index (χ4n) is 1.79. The van der Waals surface area contributed by atoms with Crippen LogP contribution in [0.5, 0.6) is 11.5 Å². The molecule has 4 nitrogen and oxygen atoms in total. The van der Waals surface area contributed by atoms with E-state index < -0.39 is 0 Å². The third-order valence-electron chi connectivity index (χ3n) is 2.82. The third kappa shape index (κ3) is 4.94. The maximum Gasteiger partial charge on any atom is 0.122 e. The van der Waals surface area contributed by atoms with Gasteiger partial charge in [-0.15, -0.1) is 0 Å². The Labute approximate surface area is 109 Å². The van der Waals surface area contributed by atoms with E-state index in [2.05, 4.69) is 5.32 Å². The summed E-state index contributed by atoms with van der Waals surface area (Å²) < 4.78 is 10.5. The van der Waals surface area contributed by atoms with Gasteiger partial charge in [-0.1, -0.05) is 0 Å². The lowest BCUT2D eigenvalue weighted by atomic mass is 10.1. The van der Waals surface area contributed by atoms with Crippen molar-refractivity contribution >= 4 is 0 Å². The van der Waals surface area contributed by atoms with Crippen molar-refractivity contribution in [3.63, 3.8) is 0 Å². The van der Waals surface area contributed by atoms with E-state index in [0.29, 0.717) is 0 Å². The highest BCUT2D eigenvalue weighted by Gasteiger charge is 2.04. The molecule has 4 heteroatoms. The predicted molar refractivity (Wildman–Crippen MR) is 72.4 cm³/mol. The van der Waals surface area contributed by atoms with Crippen LogP contribution in [-0.4, -0.2) is 39.0 Å². The minimum atomic E-state index is 0.269. The number of aliphatic hydroxyl groups is 1. The maximum absolute atomic E-state index is 8.67. The average Bonchev–Trinajstić information content (AvgIpc) is 2.42. The monoisotopic (exact) mass is 253 g/mol. The fourth-order valence-corrected chi connectivity index (χ4v) is 1.79. The molecule has 0 unspecified atom stereocenters. The Morgan fingerprint density at radius 1 is 1.11 bits per heavy atom. The van der Waals surface area contributed by atoms with Crippen molar-refractivity contribution in [1.29, 1.82) is 0 Å². The molecular formula is C14H23NO3. The van der Waals surface area contributed by atoms with E-state index in [1.54, 1.807) is 14.2 Å². The zero-order valence-corrected chi connectivity index (χ0v) is 11.2. The fraction of sp³-hybridized carbons (Fsp3) is 0.571. The molecule has 1 rings (SSSR count). The van der Waals surface area contributed by atoms with E-state index >= 15 is 0 Å². The van der Waals surface area contributed by atoms with Gasteiger partial charge < -0.3 is 19.9 Å². The van der Waals surface area contributed by atoms with Gasteiger partial charge in [0.15, 0.2) is 0 Å². The van der Waals surface area contributed by atoms with E-state index in [4.69, 9.17) is 14.6 Å². The van der Waals surface area contributed by atoms with Gasteiger partial charge in [-0.3, -0.25) is 0 Å². The van der Waals surface area contributed by atoms with Crippen LogP contribution < -0.4 is 14.8 Å². The highest BCUT2D eigenvalue weighted by molar-refractivity contribution is 5.40. The van der Waals surface area contributed by atoms with Crippen molar-refractivity contribution < 1.29 is 14.6 Å². The molecule has 0 atom stereocenters. The standard InChI is InChI=1S/C14H23NO3/c1-17-13-5-6-14(18-2)12(11-13)7-9-15-8-3-4-10-16/h5-6,11,15-16H,3-4,7-10H2,1-2H3. The van der Waals surface area contributed by atoms with Gasteiger partial charge in [-0.2, -0.15) is 0 Å². The van der Waals surface area contributed by atoms with Crippen LogP contribution in [0.4, 0.5) is 0 Å². The number of methoxy groups -OCH3 is 2. The molecule has 1 aromatic rings. The van der Waals surface area contributed by atoms with Crippen molar-refractivity contribution in [1.82, 2.24) is 5.32 Å². The van der Waals surface area contributed by atoms with E-state index in [-0.39, 0.29) is 6.61 Å². The van der Waals surface area contributed by atoms with E-state index in [9.17, 15) is 0 Å². The summed E-state index contributed by atoms with van der Waals surface area (Å²) in [6, 6.07) is 5.84. The molecular weight excluding hydrogens is 230 g/mol. The molecule has 0 aromatic heterocycles. The van der Waals surface area contributed by atoms with Crippen LogP contribution in [0.1, 0.15) is 18.4 Å². The van der Waals surface area contributed by atoms with Crippen LogP contribution in [0.25, 0.3) is 0 Å². The SMILES string of the molecule is COc1ccc(OC)c(CCNCCCCO)c1. The lowest BCUT2D eigenvalue weighted by Gasteiger charge is -2.11. The van der Waals surface area contributed by atoms with Crippen LogP contribution >= 0.6 is 0 Å². The number of unbranched alkanes of at least 4 members (excludes halogenated alkanes) is 1. The van der Waals surface area contributed by atoms with Crippen molar-refractivity contribution in [3.05, 3.63) is 23.8 Å². The van der Waals surface area contributed by atoms with Gasteiger partial charge in [0.1, 0.15) is 11.5 Å². The predicted octanol–water partition coefficient (Wildman–Crippen LogP) is 1.61. The van der Waals surface area contributed by atoms with Gasteiger partial charge in [0.05, 0.1) is 14.2 Å². The number of rotatable bonds is 9. The zero-order chi connectivity index (χ0) is 13.2. The van der Waals surface area contributed by atoms with Gasteiger partial charge in [0.2, 0.25) is 0 Å². The lowest BCUT2D eigenvalue weighted by Crippen LogP contribution is -2.19. The van der Waals surface area contributed by atoms with Crippen LogP contribution in [-0.2, 0) is 6.42 Å². The van der Waals surface area contributed by atoms with E-state index in [0.717, 1.165) is 49.4 Å². The number of benzene rings is 1. The molecule has 18 heavy (non-hydrogen) atoms. The quantitative estimate of drug-likeness (QED) is 0.656. The summed E-state index contributed by atoms with van der Waals surface area (Å²) in [6.45, 7) is 2.10. The number of hydrogen-bond acceptors (Lipinski definition) is 4. The summed E-state index contributed by atoms with van der Waals surface area (Å²) in [5.74, 6) is 1.75. The molecule has 0 saturated carbocycles. The molecule has 0 heterocycles. The number of hydrogen-bond donors (Lipinski definition) is 2. The zero-order valence-electron chi connectivity index (χ0n) is 11.2. The van der Waals surface area contributed by atoms with Crippen LogP contribution in [0.15, 0.2) is 18.2 Å². The van der Waals surface area contributed by atoms with E-state index in [1.807, 2.05) is 18.2 Å². The first kappa shape index (κ1) is 14.8. The van der Waals surface area contributed by atoms with Gasteiger partial charge in [0.25, 0.3) is 0 Å². The molecule has 0 aliphatic heterocycles. The van der Waals surface area contributed by atoms with Gasteiger partial charge in [-0.05, 0) is 56.1 Å². The molecule has 0 radical (unpaired) electrons. The minimum Gasteiger partial charge on any atom is -0.497 e. The number of ether oxygens (including phenoxy) is 2. The second kappa shape index (κ2) is 8.78. The largest absolute Gasteiger partial charge is 0.497 e.